The molecule has 0 spiro atoms. The number of para-hydroxylation sites is 1. The standard InChI is InChI=1S/C21H28N4O3/c1-14(2)17(25-20(27)28-21(3,4)5)19(26)24-16-12-9-13-22-18(16)23-15-10-7-6-8-11-15/h6-14,17H,1-5H3,(H,22,23)(H,24,26)(H,25,27). The van der Waals surface area contributed by atoms with E-state index in [1.54, 1.807) is 39.1 Å². The van der Waals surface area contributed by atoms with Gasteiger partial charge < -0.3 is 20.7 Å². The molecule has 1 aromatic carbocycles. The van der Waals surface area contributed by atoms with Gasteiger partial charge in [-0.15, -0.1) is 0 Å². The summed E-state index contributed by atoms with van der Waals surface area (Å²) in [5.74, 6) is 0.0431. The molecule has 1 unspecified atom stereocenters. The van der Waals surface area contributed by atoms with E-state index in [1.165, 1.54) is 0 Å². The van der Waals surface area contributed by atoms with E-state index >= 15 is 0 Å². The van der Waals surface area contributed by atoms with Gasteiger partial charge in [-0.2, -0.15) is 0 Å². The number of carbonyl (C=O) groups is 2. The highest BCUT2D eigenvalue weighted by molar-refractivity contribution is 5.99. The van der Waals surface area contributed by atoms with E-state index in [-0.39, 0.29) is 11.8 Å². The van der Waals surface area contributed by atoms with Gasteiger partial charge in [0, 0.05) is 11.9 Å². The molecule has 0 radical (unpaired) electrons. The number of hydrogen-bond acceptors (Lipinski definition) is 5. The summed E-state index contributed by atoms with van der Waals surface area (Å²) in [6.07, 6.45) is 1.01. The molecule has 1 atom stereocenters. The topological polar surface area (TPSA) is 92.3 Å². The van der Waals surface area contributed by atoms with Crippen molar-refractivity contribution in [2.45, 2.75) is 46.3 Å². The van der Waals surface area contributed by atoms with Gasteiger partial charge in [0.2, 0.25) is 5.91 Å². The fourth-order valence-electron chi connectivity index (χ4n) is 2.44. The Morgan fingerprint density at radius 3 is 2.32 bits per heavy atom. The van der Waals surface area contributed by atoms with E-state index in [2.05, 4.69) is 20.9 Å². The number of aromatic nitrogens is 1. The maximum absolute atomic E-state index is 12.8. The SMILES string of the molecule is CC(C)C(NC(=O)OC(C)(C)C)C(=O)Nc1cccnc1Nc1ccccc1. The van der Waals surface area contributed by atoms with Crippen LogP contribution in [0.4, 0.5) is 22.0 Å². The van der Waals surface area contributed by atoms with Gasteiger partial charge in [0.05, 0.1) is 5.69 Å². The van der Waals surface area contributed by atoms with E-state index in [4.69, 9.17) is 4.74 Å². The zero-order valence-electron chi connectivity index (χ0n) is 16.9. The highest BCUT2D eigenvalue weighted by atomic mass is 16.6. The van der Waals surface area contributed by atoms with Crippen LogP contribution in [-0.2, 0) is 9.53 Å². The Balaban J connectivity index is 2.12. The summed E-state index contributed by atoms with van der Waals surface area (Å²) in [5.41, 5.74) is 0.732. The zero-order valence-corrected chi connectivity index (χ0v) is 16.9. The second-order valence-corrected chi connectivity index (χ2v) is 7.75. The summed E-state index contributed by atoms with van der Waals surface area (Å²) in [4.78, 5) is 29.2. The zero-order chi connectivity index (χ0) is 20.7. The number of nitrogens with one attached hydrogen (secondary N) is 3. The largest absolute Gasteiger partial charge is 0.444 e. The van der Waals surface area contributed by atoms with Gasteiger partial charge in [0.25, 0.3) is 0 Å². The summed E-state index contributed by atoms with van der Waals surface area (Å²) in [6, 6.07) is 12.3. The first-order valence-electron chi connectivity index (χ1n) is 9.23. The molecular weight excluding hydrogens is 356 g/mol. The van der Waals surface area contributed by atoms with Crippen molar-refractivity contribution in [1.82, 2.24) is 10.3 Å². The minimum Gasteiger partial charge on any atom is -0.444 e. The van der Waals surface area contributed by atoms with Gasteiger partial charge in [-0.3, -0.25) is 4.79 Å². The Bertz CT molecular complexity index is 801. The lowest BCUT2D eigenvalue weighted by Gasteiger charge is -2.25. The van der Waals surface area contributed by atoms with Crippen molar-refractivity contribution in [1.29, 1.82) is 0 Å². The fraction of sp³-hybridized carbons (Fsp3) is 0.381. The quantitative estimate of drug-likeness (QED) is 0.690. The lowest BCUT2D eigenvalue weighted by molar-refractivity contribution is -0.119. The molecule has 2 rings (SSSR count). The molecule has 150 valence electrons. The first-order chi connectivity index (χ1) is 13.2. The fourth-order valence-corrected chi connectivity index (χ4v) is 2.44. The monoisotopic (exact) mass is 384 g/mol. The van der Waals surface area contributed by atoms with Crippen molar-refractivity contribution in [2.75, 3.05) is 10.6 Å². The Kier molecular flexibility index (Phi) is 6.98. The highest BCUT2D eigenvalue weighted by Gasteiger charge is 2.27. The minimum atomic E-state index is -0.750. The average Bonchev–Trinajstić information content (AvgIpc) is 2.60. The second-order valence-electron chi connectivity index (χ2n) is 7.75. The van der Waals surface area contributed by atoms with Crippen molar-refractivity contribution in [2.24, 2.45) is 5.92 Å². The van der Waals surface area contributed by atoms with Crippen LogP contribution in [0.25, 0.3) is 0 Å². The van der Waals surface area contributed by atoms with Gasteiger partial charge in [-0.05, 0) is 51.0 Å². The van der Waals surface area contributed by atoms with Crippen molar-refractivity contribution in [3.05, 3.63) is 48.7 Å². The maximum Gasteiger partial charge on any atom is 0.408 e. The number of carbonyl (C=O) groups excluding carboxylic acids is 2. The Morgan fingerprint density at radius 1 is 1.04 bits per heavy atom. The molecule has 3 N–H and O–H groups in total. The van der Waals surface area contributed by atoms with Crippen LogP contribution in [0.5, 0.6) is 0 Å². The summed E-state index contributed by atoms with van der Waals surface area (Å²) in [5, 5.41) is 8.67. The number of anilines is 3. The predicted molar refractivity (Wildman–Crippen MR) is 111 cm³/mol. The Morgan fingerprint density at radius 2 is 1.71 bits per heavy atom. The van der Waals surface area contributed by atoms with E-state index < -0.39 is 17.7 Å². The number of pyridine rings is 1. The number of benzene rings is 1. The molecule has 7 heteroatoms. The van der Waals surface area contributed by atoms with Crippen molar-refractivity contribution >= 4 is 29.2 Å². The molecule has 0 bridgehead atoms. The van der Waals surface area contributed by atoms with Crippen LogP contribution in [0.2, 0.25) is 0 Å². The smallest absolute Gasteiger partial charge is 0.408 e. The van der Waals surface area contributed by atoms with Crippen LogP contribution in [0.3, 0.4) is 0 Å². The van der Waals surface area contributed by atoms with Crippen LogP contribution >= 0.6 is 0 Å². The molecule has 0 saturated carbocycles. The Labute approximate surface area is 165 Å². The molecule has 7 nitrogen and oxygen atoms in total. The number of hydrogen-bond donors (Lipinski definition) is 3. The molecule has 0 aliphatic rings. The normalized spacial score (nSPS) is 12.2. The van der Waals surface area contributed by atoms with Crippen molar-refractivity contribution in [3.8, 4) is 0 Å². The third kappa shape index (κ3) is 6.57. The number of ether oxygens (including phenoxy) is 1. The van der Waals surface area contributed by atoms with Crippen molar-refractivity contribution < 1.29 is 14.3 Å². The van der Waals surface area contributed by atoms with Crippen LogP contribution in [-0.4, -0.2) is 28.6 Å². The molecule has 0 aliphatic heterocycles. The molecule has 0 fully saturated rings. The number of nitrogens with zero attached hydrogens (tertiary/aromatic N) is 1. The molecular formula is C21H28N4O3. The van der Waals surface area contributed by atoms with E-state index in [9.17, 15) is 9.59 Å². The van der Waals surface area contributed by atoms with E-state index in [0.29, 0.717) is 11.5 Å². The van der Waals surface area contributed by atoms with Crippen molar-refractivity contribution in [3.63, 3.8) is 0 Å². The number of amides is 2. The van der Waals surface area contributed by atoms with Gasteiger partial charge in [-0.1, -0.05) is 32.0 Å². The van der Waals surface area contributed by atoms with Crippen LogP contribution in [0.1, 0.15) is 34.6 Å². The number of alkyl carbamates (subject to hydrolysis) is 1. The maximum atomic E-state index is 12.8. The first kappa shape index (κ1) is 21.2. The van der Waals surface area contributed by atoms with Crippen LogP contribution in [0, 0.1) is 5.92 Å². The third-order valence-electron chi connectivity index (χ3n) is 3.72. The molecule has 2 aromatic rings. The summed E-state index contributed by atoms with van der Waals surface area (Å²) in [7, 11) is 0. The lowest BCUT2D eigenvalue weighted by Crippen LogP contribution is -2.48. The van der Waals surface area contributed by atoms with E-state index in [1.807, 2.05) is 44.2 Å². The summed E-state index contributed by atoms with van der Waals surface area (Å²) < 4.78 is 5.27. The first-order valence-corrected chi connectivity index (χ1v) is 9.23. The second kappa shape index (κ2) is 9.21. The Hall–Kier alpha value is -3.09. The van der Waals surface area contributed by atoms with Crippen LogP contribution in [0.15, 0.2) is 48.7 Å². The van der Waals surface area contributed by atoms with Gasteiger partial charge in [0.15, 0.2) is 5.82 Å². The highest BCUT2D eigenvalue weighted by Crippen LogP contribution is 2.23. The molecule has 0 saturated heterocycles. The number of rotatable bonds is 6. The molecule has 2 amide bonds. The predicted octanol–water partition coefficient (Wildman–Crippen LogP) is 4.31. The third-order valence-corrected chi connectivity index (χ3v) is 3.72. The van der Waals surface area contributed by atoms with E-state index in [0.717, 1.165) is 5.69 Å². The molecule has 1 aromatic heterocycles. The van der Waals surface area contributed by atoms with Gasteiger partial charge in [0.1, 0.15) is 11.6 Å². The molecule has 0 aliphatic carbocycles. The molecule has 28 heavy (non-hydrogen) atoms. The summed E-state index contributed by atoms with van der Waals surface area (Å²) in [6.45, 7) is 9.03. The van der Waals surface area contributed by atoms with Crippen LogP contribution < -0.4 is 16.0 Å². The van der Waals surface area contributed by atoms with Gasteiger partial charge >= 0.3 is 6.09 Å². The summed E-state index contributed by atoms with van der Waals surface area (Å²) >= 11 is 0. The molecule has 1 heterocycles. The average molecular weight is 384 g/mol. The minimum absolute atomic E-state index is 0.130. The van der Waals surface area contributed by atoms with Gasteiger partial charge in [-0.25, -0.2) is 9.78 Å². The lowest BCUT2D eigenvalue weighted by atomic mass is 10.0.